The fourth-order valence-corrected chi connectivity index (χ4v) is 5.27. The SMILES string of the molecule is Cc1cc(-c2cnc3cc(-c4ccc(N5CC6(CNC6)C5)nc4)ccn23)c2cc(F)ccc2n1. The number of aryl methyl sites for hydroxylation is 1. The minimum atomic E-state index is -0.274. The molecule has 0 saturated carbocycles. The van der Waals surface area contributed by atoms with Crippen LogP contribution in [-0.2, 0) is 0 Å². The average molecular weight is 451 g/mol. The Morgan fingerprint density at radius 3 is 2.59 bits per heavy atom. The highest BCUT2D eigenvalue weighted by Gasteiger charge is 2.47. The molecule has 7 heteroatoms. The fraction of sp³-hybridized carbons (Fsp3) is 0.222. The van der Waals surface area contributed by atoms with E-state index in [2.05, 4.69) is 44.5 Å². The number of anilines is 1. The number of rotatable bonds is 3. The molecule has 2 saturated heterocycles. The Bertz CT molecular complexity index is 1560. The van der Waals surface area contributed by atoms with Crippen molar-refractivity contribution in [2.75, 3.05) is 31.1 Å². The maximum atomic E-state index is 14.0. The van der Waals surface area contributed by atoms with Crippen LogP contribution in [0.4, 0.5) is 10.2 Å². The summed E-state index contributed by atoms with van der Waals surface area (Å²) in [4.78, 5) is 16.3. The minimum Gasteiger partial charge on any atom is -0.355 e. The van der Waals surface area contributed by atoms with E-state index in [1.54, 1.807) is 12.1 Å². The van der Waals surface area contributed by atoms with Gasteiger partial charge in [-0.15, -0.1) is 0 Å². The Kier molecular flexibility index (Phi) is 4.08. The van der Waals surface area contributed by atoms with Crippen molar-refractivity contribution in [2.24, 2.45) is 5.41 Å². The summed E-state index contributed by atoms with van der Waals surface area (Å²) in [5.74, 6) is 0.766. The van der Waals surface area contributed by atoms with Crippen LogP contribution < -0.4 is 10.2 Å². The lowest BCUT2D eigenvalue weighted by atomic mass is 9.74. The van der Waals surface area contributed by atoms with Crippen molar-refractivity contribution in [3.8, 4) is 22.4 Å². The van der Waals surface area contributed by atoms with Crippen molar-refractivity contribution < 1.29 is 4.39 Å². The maximum absolute atomic E-state index is 14.0. The van der Waals surface area contributed by atoms with E-state index >= 15 is 0 Å². The molecule has 4 aromatic heterocycles. The number of imidazole rings is 1. The zero-order valence-electron chi connectivity index (χ0n) is 18.8. The lowest BCUT2D eigenvalue weighted by Gasteiger charge is -2.56. The summed E-state index contributed by atoms with van der Waals surface area (Å²) in [5.41, 5.74) is 6.92. The van der Waals surface area contributed by atoms with E-state index in [0.29, 0.717) is 5.41 Å². The number of aromatic nitrogens is 4. The van der Waals surface area contributed by atoms with Gasteiger partial charge in [-0.1, -0.05) is 0 Å². The van der Waals surface area contributed by atoms with Gasteiger partial charge in [0, 0.05) is 66.2 Å². The highest BCUT2D eigenvalue weighted by molar-refractivity contribution is 5.94. The lowest BCUT2D eigenvalue weighted by Crippen LogP contribution is -2.71. The van der Waals surface area contributed by atoms with Crippen molar-refractivity contribution in [3.05, 3.63) is 78.6 Å². The van der Waals surface area contributed by atoms with Crippen molar-refractivity contribution in [1.82, 2.24) is 24.7 Å². The van der Waals surface area contributed by atoms with Gasteiger partial charge in [-0.3, -0.25) is 9.38 Å². The molecular weight excluding hydrogens is 427 g/mol. The summed E-state index contributed by atoms with van der Waals surface area (Å²) in [6.07, 6.45) is 5.80. The van der Waals surface area contributed by atoms with Crippen molar-refractivity contribution in [2.45, 2.75) is 6.92 Å². The van der Waals surface area contributed by atoms with Gasteiger partial charge in [0.05, 0.1) is 17.4 Å². The third-order valence-corrected chi connectivity index (χ3v) is 7.15. The maximum Gasteiger partial charge on any atom is 0.137 e. The van der Waals surface area contributed by atoms with E-state index in [1.165, 1.54) is 6.07 Å². The molecule has 0 atom stereocenters. The number of nitrogens with zero attached hydrogens (tertiary/aromatic N) is 5. The summed E-state index contributed by atoms with van der Waals surface area (Å²) < 4.78 is 16.1. The Labute approximate surface area is 196 Å². The normalized spacial score (nSPS) is 16.7. The first-order valence-electron chi connectivity index (χ1n) is 11.5. The zero-order chi connectivity index (χ0) is 22.9. The smallest absolute Gasteiger partial charge is 0.137 e. The molecule has 2 fully saturated rings. The lowest BCUT2D eigenvalue weighted by molar-refractivity contribution is 0.120. The number of benzene rings is 1. The van der Waals surface area contributed by atoms with Crippen molar-refractivity contribution in [1.29, 1.82) is 0 Å². The van der Waals surface area contributed by atoms with Crippen LogP contribution in [0.25, 0.3) is 38.9 Å². The topological polar surface area (TPSA) is 58.4 Å². The first-order valence-corrected chi connectivity index (χ1v) is 11.5. The van der Waals surface area contributed by atoms with Gasteiger partial charge in [-0.25, -0.2) is 14.4 Å². The molecule has 2 aliphatic rings. The average Bonchev–Trinajstić information content (AvgIpc) is 3.20. The fourth-order valence-electron chi connectivity index (χ4n) is 5.27. The van der Waals surface area contributed by atoms with Gasteiger partial charge in [-0.2, -0.15) is 0 Å². The number of fused-ring (bicyclic) bond motifs is 2. The predicted molar refractivity (Wildman–Crippen MR) is 131 cm³/mol. The van der Waals surface area contributed by atoms with Gasteiger partial charge < -0.3 is 10.2 Å². The van der Waals surface area contributed by atoms with Gasteiger partial charge in [0.1, 0.15) is 17.3 Å². The van der Waals surface area contributed by atoms with Crippen LogP contribution >= 0.6 is 0 Å². The molecule has 1 N–H and O–H groups in total. The second-order valence-electron chi connectivity index (χ2n) is 9.62. The van der Waals surface area contributed by atoms with Gasteiger partial charge in [-0.05, 0) is 61.0 Å². The van der Waals surface area contributed by atoms with E-state index in [9.17, 15) is 4.39 Å². The molecule has 0 aliphatic carbocycles. The van der Waals surface area contributed by atoms with Crippen LogP contribution in [0.5, 0.6) is 0 Å². The van der Waals surface area contributed by atoms with Gasteiger partial charge >= 0.3 is 0 Å². The number of hydrogen-bond donors (Lipinski definition) is 1. The third kappa shape index (κ3) is 3.00. The molecule has 1 spiro atoms. The predicted octanol–water partition coefficient (Wildman–Crippen LogP) is 4.47. The van der Waals surface area contributed by atoms with Crippen LogP contribution in [0.3, 0.4) is 0 Å². The minimum absolute atomic E-state index is 0.274. The Morgan fingerprint density at radius 2 is 1.82 bits per heavy atom. The van der Waals surface area contributed by atoms with E-state index in [-0.39, 0.29) is 5.82 Å². The standard InChI is InChI=1S/C27H23FN6/c1-17-8-22(21-10-20(28)3-4-23(21)32-17)24-12-31-26-9-18(6-7-34(24)26)19-2-5-25(30-11-19)33-15-27(16-33)13-29-14-27/h2-12,29H,13-16H2,1H3. The van der Waals surface area contributed by atoms with E-state index < -0.39 is 0 Å². The molecule has 6 heterocycles. The molecule has 5 aromatic rings. The van der Waals surface area contributed by atoms with Crippen LogP contribution in [0.2, 0.25) is 0 Å². The molecule has 0 radical (unpaired) electrons. The van der Waals surface area contributed by atoms with E-state index in [1.807, 2.05) is 36.0 Å². The number of nitrogens with one attached hydrogen (secondary N) is 1. The summed E-state index contributed by atoms with van der Waals surface area (Å²) in [6, 6.07) is 15.1. The summed E-state index contributed by atoms with van der Waals surface area (Å²) in [7, 11) is 0. The highest BCUT2D eigenvalue weighted by Crippen LogP contribution is 2.37. The second kappa shape index (κ2) is 7.08. The molecule has 2 aliphatic heterocycles. The van der Waals surface area contributed by atoms with E-state index in [0.717, 1.165) is 76.6 Å². The third-order valence-electron chi connectivity index (χ3n) is 7.15. The molecular formula is C27H23FN6. The molecule has 6 nitrogen and oxygen atoms in total. The summed E-state index contributed by atoms with van der Waals surface area (Å²) in [6.45, 7) is 6.37. The Hall–Kier alpha value is -3.84. The highest BCUT2D eigenvalue weighted by atomic mass is 19.1. The summed E-state index contributed by atoms with van der Waals surface area (Å²) in [5, 5.41) is 4.15. The largest absolute Gasteiger partial charge is 0.355 e. The van der Waals surface area contributed by atoms with Gasteiger partial charge in [0.2, 0.25) is 0 Å². The first-order chi connectivity index (χ1) is 16.6. The summed E-state index contributed by atoms with van der Waals surface area (Å²) >= 11 is 0. The molecule has 0 unspecified atom stereocenters. The number of halogens is 1. The van der Waals surface area contributed by atoms with Crippen LogP contribution in [0.1, 0.15) is 5.69 Å². The molecule has 0 amide bonds. The van der Waals surface area contributed by atoms with Crippen molar-refractivity contribution in [3.63, 3.8) is 0 Å². The Morgan fingerprint density at radius 1 is 0.941 bits per heavy atom. The molecule has 168 valence electrons. The Balaban J connectivity index is 1.22. The molecule has 0 bridgehead atoms. The quantitative estimate of drug-likeness (QED) is 0.440. The van der Waals surface area contributed by atoms with Gasteiger partial charge in [0.25, 0.3) is 0 Å². The molecule has 7 rings (SSSR count). The first kappa shape index (κ1) is 19.6. The van der Waals surface area contributed by atoms with Crippen LogP contribution in [0, 0.1) is 18.2 Å². The van der Waals surface area contributed by atoms with Crippen LogP contribution in [-0.4, -0.2) is 45.5 Å². The van der Waals surface area contributed by atoms with Gasteiger partial charge in [0.15, 0.2) is 0 Å². The van der Waals surface area contributed by atoms with Crippen LogP contribution in [0.15, 0.2) is 67.1 Å². The number of hydrogen-bond acceptors (Lipinski definition) is 5. The monoisotopic (exact) mass is 450 g/mol. The zero-order valence-corrected chi connectivity index (χ0v) is 18.8. The van der Waals surface area contributed by atoms with Crippen molar-refractivity contribution >= 4 is 22.4 Å². The molecule has 34 heavy (non-hydrogen) atoms. The second-order valence-corrected chi connectivity index (χ2v) is 9.62. The number of pyridine rings is 3. The van der Waals surface area contributed by atoms with E-state index in [4.69, 9.17) is 4.98 Å². The molecule has 1 aromatic carbocycles.